The van der Waals surface area contributed by atoms with Crippen LogP contribution in [0.3, 0.4) is 0 Å². The molecule has 0 spiro atoms. The van der Waals surface area contributed by atoms with Crippen LogP contribution in [0.25, 0.3) is 11.0 Å². The molecule has 2 heterocycles. The number of carbonyl (C=O) groups excluding carboxylic acids is 1. The molecule has 0 saturated heterocycles. The second-order valence-corrected chi connectivity index (χ2v) is 11.2. The summed E-state index contributed by atoms with van der Waals surface area (Å²) < 4.78 is 54.6. The normalized spacial score (nSPS) is 12.0. The van der Waals surface area contributed by atoms with Crippen LogP contribution in [-0.4, -0.2) is 61.7 Å². The highest BCUT2D eigenvalue weighted by Crippen LogP contribution is 2.24. The van der Waals surface area contributed by atoms with E-state index >= 15 is 0 Å². The second kappa shape index (κ2) is 9.70. The largest absolute Gasteiger partial charge is 0.466 e. The van der Waals surface area contributed by atoms with Crippen LogP contribution in [0.2, 0.25) is 0 Å². The van der Waals surface area contributed by atoms with Gasteiger partial charge in [0.05, 0.1) is 36.4 Å². The van der Waals surface area contributed by atoms with Crippen LogP contribution < -0.4 is 9.03 Å². The Hall–Kier alpha value is -3.26. The number of hydrogen-bond acceptors (Lipinski definition) is 10. The highest BCUT2D eigenvalue weighted by molar-refractivity contribution is 8.09. The molecule has 0 unspecified atom stereocenters. The molecule has 178 valence electrons. The smallest absolute Gasteiger partial charge is 0.302 e. The van der Waals surface area contributed by atoms with Crippen molar-refractivity contribution >= 4 is 54.4 Å². The van der Waals surface area contributed by atoms with Gasteiger partial charge in [-0.15, -0.1) is 0 Å². The lowest BCUT2D eigenvalue weighted by Gasteiger charge is -2.19. The molecule has 3 rings (SSSR count). The summed E-state index contributed by atoms with van der Waals surface area (Å²) in [7, 11) is -8.04. The number of aryl methyl sites for hydroxylation is 1. The van der Waals surface area contributed by atoms with Gasteiger partial charge in [-0.05, 0) is 37.1 Å². The number of hydrogen-bond donors (Lipinski definition) is 1. The maximum absolute atomic E-state index is 11.9. The summed E-state index contributed by atoms with van der Waals surface area (Å²) in [5.41, 5.74) is 1.15. The van der Waals surface area contributed by atoms with Crippen LogP contribution in [0.4, 0.5) is 17.3 Å². The first-order valence-corrected chi connectivity index (χ1v) is 13.5. The van der Waals surface area contributed by atoms with E-state index in [1.54, 1.807) is 17.1 Å². The van der Waals surface area contributed by atoms with Gasteiger partial charge < -0.3 is 10.1 Å². The van der Waals surface area contributed by atoms with Gasteiger partial charge >= 0.3 is 5.97 Å². The Morgan fingerprint density at radius 1 is 1.06 bits per heavy atom. The van der Waals surface area contributed by atoms with E-state index in [0.29, 0.717) is 40.6 Å². The summed E-state index contributed by atoms with van der Waals surface area (Å²) in [5.74, 6) is -0.0173. The summed E-state index contributed by atoms with van der Waals surface area (Å²) in [6.45, 7) is 2.30. The Balaban J connectivity index is 1.73. The molecule has 14 heteroatoms. The number of rotatable bonds is 10. The quantitative estimate of drug-likeness (QED) is 0.324. The fourth-order valence-corrected chi connectivity index (χ4v) is 6.07. The van der Waals surface area contributed by atoms with Crippen molar-refractivity contribution < 1.29 is 26.4 Å². The third-order valence-corrected chi connectivity index (χ3v) is 7.63. The van der Waals surface area contributed by atoms with Crippen LogP contribution in [0.5, 0.6) is 0 Å². The predicted octanol–water partition coefficient (Wildman–Crippen LogP) is 1.64. The molecule has 1 N–H and O–H groups in total. The van der Waals surface area contributed by atoms with E-state index in [1.807, 2.05) is 0 Å². The molecule has 0 bridgehead atoms. The molecule has 0 aliphatic heterocycles. The number of sulfonamides is 2. The first kappa shape index (κ1) is 24.4. The minimum absolute atomic E-state index is 0.00579. The van der Waals surface area contributed by atoms with Crippen molar-refractivity contribution in [2.45, 2.75) is 26.3 Å². The number of nitrogens with one attached hydrogen (secondary N) is 1. The van der Waals surface area contributed by atoms with Crippen LogP contribution in [0.15, 0.2) is 36.7 Å². The number of nitrogens with zero attached hydrogens (tertiary/aromatic N) is 5. The lowest BCUT2D eigenvalue weighted by Crippen LogP contribution is -2.35. The number of esters is 1. The fraction of sp³-hybridized carbons (Fsp3) is 0.368. The molecule has 3 aromatic rings. The third-order valence-electron chi connectivity index (χ3n) is 4.38. The predicted molar refractivity (Wildman–Crippen MR) is 123 cm³/mol. The third kappa shape index (κ3) is 6.38. The summed E-state index contributed by atoms with van der Waals surface area (Å²) in [5, 5.41) is 8.08. The van der Waals surface area contributed by atoms with E-state index in [9.17, 15) is 21.6 Å². The van der Waals surface area contributed by atoms with Crippen LogP contribution in [-0.2, 0) is 36.1 Å². The molecule has 0 radical (unpaired) electrons. The number of unbranched alkanes of at least 4 members (excludes halogenated alkanes) is 1. The number of benzene rings is 1. The van der Waals surface area contributed by atoms with E-state index in [1.165, 1.54) is 31.2 Å². The average Bonchev–Trinajstić information content (AvgIpc) is 3.09. The monoisotopic (exact) mass is 496 g/mol. The molecular formula is C19H24N6O6S2. The highest BCUT2D eigenvalue weighted by atomic mass is 32.3. The number of anilines is 3. The molecule has 0 aliphatic carbocycles. The maximum atomic E-state index is 11.9. The number of aromatic nitrogens is 4. The zero-order valence-electron chi connectivity index (χ0n) is 18.3. The van der Waals surface area contributed by atoms with Crippen molar-refractivity contribution in [2.75, 3.05) is 28.1 Å². The first-order chi connectivity index (χ1) is 15.4. The Morgan fingerprint density at radius 2 is 1.73 bits per heavy atom. The standard InChI is InChI=1S/C19H24N6O6S2/c1-14(26)31-11-5-4-10-24-18-15(13-21-24)12-20-19(23-18)22-16-6-8-17(9-7-16)25(32(2,27)28)33(3,29)30/h6-9,12-13H,4-5,10-11H2,1-3H3,(H,20,22,23). The Labute approximate surface area is 191 Å². The highest BCUT2D eigenvalue weighted by Gasteiger charge is 2.27. The van der Waals surface area contributed by atoms with E-state index in [4.69, 9.17) is 4.74 Å². The topological polar surface area (TPSA) is 153 Å². The van der Waals surface area contributed by atoms with Crippen molar-refractivity contribution in [3.63, 3.8) is 0 Å². The first-order valence-electron chi connectivity index (χ1n) is 9.84. The van der Waals surface area contributed by atoms with Crippen LogP contribution in [0, 0.1) is 0 Å². The lowest BCUT2D eigenvalue weighted by molar-refractivity contribution is -0.141. The van der Waals surface area contributed by atoms with Gasteiger partial charge in [0.1, 0.15) is 0 Å². The number of fused-ring (bicyclic) bond motifs is 1. The zero-order chi connectivity index (χ0) is 24.2. The Bertz CT molecular complexity index is 1320. The van der Waals surface area contributed by atoms with Crippen molar-refractivity contribution in [3.05, 3.63) is 36.7 Å². The van der Waals surface area contributed by atoms with Crippen LogP contribution in [0.1, 0.15) is 19.8 Å². The second-order valence-electron chi connectivity index (χ2n) is 7.28. The molecule has 0 aliphatic rings. The van der Waals surface area contributed by atoms with Gasteiger partial charge in [-0.25, -0.2) is 26.5 Å². The van der Waals surface area contributed by atoms with Gasteiger partial charge in [0.15, 0.2) is 5.65 Å². The SMILES string of the molecule is CC(=O)OCCCCn1ncc2cnc(Nc3ccc(N(S(C)(=O)=O)S(C)(=O)=O)cc3)nc21. The van der Waals surface area contributed by atoms with Gasteiger partial charge in [-0.2, -0.15) is 13.8 Å². The van der Waals surface area contributed by atoms with E-state index in [-0.39, 0.29) is 11.7 Å². The van der Waals surface area contributed by atoms with Crippen molar-refractivity contribution in [1.82, 2.24) is 19.7 Å². The van der Waals surface area contributed by atoms with Gasteiger partial charge in [0.2, 0.25) is 26.0 Å². The van der Waals surface area contributed by atoms with Crippen molar-refractivity contribution in [2.24, 2.45) is 0 Å². The van der Waals surface area contributed by atoms with Crippen molar-refractivity contribution in [3.8, 4) is 0 Å². The molecule has 0 saturated carbocycles. The molecule has 1 aromatic carbocycles. The molecule has 0 fully saturated rings. The van der Waals surface area contributed by atoms with Gasteiger partial charge in [0.25, 0.3) is 0 Å². The summed E-state index contributed by atoms with van der Waals surface area (Å²) in [6.07, 6.45) is 6.36. The molecule has 12 nitrogen and oxygen atoms in total. The Morgan fingerprint density at radius 3 is 2.33 bits per heavy atom. The molecule has 0 atom stereocenters. The minimum atomic E-state index is -4.02. The average molecular weight is 497 g/mol. The molecule has 2 aromatic heterocycles. The Kier molecular flexibility index (Phi) is 7.17. The van der Waals surface area contributed by atoms with Gasteiger partial charge in [-0.3, -0.25) is 4.79 Å². The summed E-state index contributed by atoms with van der Waals surface area (Å²) in [4.78, 5) is 19.5. The molecule has 33 heavy (non-hydrogen) atoms. The van der Waals surface area contributed by atoms with E-state index < -0.39 is 20.0 Å². The maximum Gasteiger partial charge on any atom is 0.302 e. The van der Waals surface area contributed by atoms with Gasteiger partial charge in [0, 0.05) is 25.4 Å². The van der Waals surface area contributed by atoms with Crippen molar-refractivity contribution in [1.29, 1.82) is 0 Å². The zero-order valence-corrected chi connectivity index (χ0v) is 19.9. The van der Waals surface area contributed by atoms with E-state index in [2.05, 4.69) is 20.4 Å². The number of ether oxygens (including phenoxy) is 1. The summed E-state index contributed by atoms with van der Waals surface area (Å²) in [6, 6.07) is 5.80. The number of carbonyl (C=O) groups is 1. The summed E-state index contributed by atoms with van der Waals surface area (Å²) >= 11 is 0. The molecular weight excluding hydrogens is 472 g/mol. The molecule has 0 amide bonds. The lowest BCUT2D eigenvalue weighted by atomic mass is 10.3. The van der Waals surface area contributed by atoms with Gasteiger partial charge in [-0.1, -0.05) is 0 Å². The fourth-order valence-electron chi connectivity index (χ4n) is 3.09. The van der Waals surface area contributed by atoms with Crippen LogP contribution >= 0.6 is 0 Å². The minimum Gasteiger partial charge on any atom is -0.466 e. The van der Waals surface area contributed by atoms with E-state index in [0.717, 1.165) is 24.3 Å².